The number of aliphatic hydroxyl groups excluding tert-OH is 1. The van der Waals surface area contributed by atoms with Crippen molar-refractivity contribution in [2.24, 2.45) is 0 Å². The number of carbonyl (C=O) groups is 2. The van der Waals surface area contributed by atoms with Crippen LogP contribution < -0.4 is 5.32 Å². The van der Waals surface area contributed by atoms with E-state index in [1.165, 1.54) is 0 Å². The molecule has 146 valence electrons. The van der Waals surface area contributed by atoms with E-state index in [2.05, 4.69) is 5.32 Å². The standard InChI is InChI=1S/C21H22N2O5/c24-18-17(11-23-10-15-8-4-5-9-16(15)20(23)26)28-13-21(18,27)12-22-19(25)14-6-2-1-3-7-14/h1-9,17-18,24,27H,10-13H2,(H,22,25)/t17-,18-,21+/m1/s1. The first-order valence-corrected chi connectivity index (χ1v) is 9.20. The van der Waals surface area contributed by atoms with Crippen molar-refractivity contribution < 1.29 is 24.5 Å². The van der Waals surface area contributed by atoms with Crippen LogP contribution in [0.25, 0.3) is 0 Å². The molecule has 7 heteroatoms. The molecular formula is C21H22N2O5. The Labute approximate surface area is 162 Å². The van der Waals surface area contributed by atoms with Crippen molar-refractivity contribution in [2.75, 3.05) is 19.7 Å². The molecule has 0 aliphatic carbocycles. The molecule has 0 radical (unpaired) electrons. The van der Waals surface area contributed by atoms with Crippen molar-refractivity contribution in [3.05, 3.63) is 71.3 Å². The third kappa shape index (κ3) is 3.40. The number of nitrogens with one attached hydrogen (secondary N) is 1. The van der Waals surface area contributed by atoms with E-state index in [0.29, 0.717) is 17.7 Å². The predicted octanol–water partition coefficient (Wildman–Crippen LogP) is 0.563. The monoisotopic (exact) mass is 382 g/mol. The van der Waals surface area contributed by atoms with Gasteiger partial charge in [-0.05, 0) is 23.8 Å². The van der Waals surface area contributed by atoms with Gasteiger partial charge in [0.1, 0.15) is 17.8 Å². The van der Waals surface area contributed by atoms with Crippen LogP contribution in [0.5, 0.6) is 0 Å². The van der Waals surface area contributed by atoms with Crippen molar-refractivity contribution in [2.45, 2.75) is 24.4 Å². The first-order chi connectivity index (χ1) is 13.5. The lowest BCUT2D eigenvalue weighted by Crippen LogP contribution is -2.53. The van der Waals surface area contributed by atoms with Gasteiger partial charge in [-0.1, -0.05) is 36.4 Å². The van der Waals surface area contributed by atoms with E-state index in [9.17, 15) is 19.8 Å². The van der Waals surface area contributed by atoms with E-state index in [-0.39, 0.29) is 31.5 Å². The Hall–Kier alpha value is -2.74. The lowest BCUT2D eigenvalue weighted by molar-refractivity contribution is -0.0491. The van der Waals surface area contributed by atoms with E-state index in [0.717, 1.165) is 5.56 Å². The number of nitrogens with zero attached hydrogens (tertiary/aromatic N) is 1. The molecule has 2 aromatic rings. The Bertz CT molecular complexity index is 887. The molecule has 2 aromatic carbocycles. The molecule has 7 nitrogen and oxygen atoms in total. The second-order valence-corrected chi connectivity index (χ2v) is 7.29. The zero-order valence-electron chi connectivity index (χ0n) is 15.2. The third-order valence-corrected chi connectivity index (χ3v) is 5.34. The Morgan fingerprint density at radius 1 is 1.18 bits per heavy atom. The van der Waals surface area contributed by atoms with Crippen molar-refractivity contribution in [1.29, 1.82) is 0 Å². The van der Waals surface area contributed by atoms with Gasteiger partial charge >= 0.3 is 0 Å². The molecule has 3 atom stereocenters. The zero-order chi connectivity index (χ0) is 19.7. The van der Waals surface area contributed by atoms with E-state index in [1.54, 1.807) is 41.3 Å². The predicted molar refractivity (Wildman–Crippen MR) is 101 cm³/mol. The number of aliphatic hydroxyl groups is 2. The van der Waals surface area contributed by atoms with Gasteiger partial charge in [-0.3, -0.25) is 9.59 Å². The van der Waals surface area contributed by atoms with Gasteiger partial charge in [-0.2, -0.15) is 0 Å². The molecule has 2 aliphatic heterocycles. The summed E-state index contributed by atoms with van der Waals surface area (Å²) in [6.07, 6.45) is -1.95. The number of hydrogen-bond acceptors (Lipinski definition) is 5. The van der Waals surface area contributed by atoms with Crippen molar-refractivity contribution >= 4 is 11.8 Å². The van der Waals surface area contributed by atoms with Crippen LogP contribution in [-0.4, -0.2) is 64.4 Å². The van der Waals surface area contributed by atoms with E-state index in [1.807, 2.05) is 18.2 Å². The van der Waals surface area contributed by atoms with E-state index in [4.69, 9.17) is 4.74 Å². The summed E-state index contributed by atoms with van der Waals surface area (Å²) in [6, 6.07) is 16.0. The second kappa shape index (κ2) is 7.35. The topological polar surface area (TPSA) is 99.1 Å². The summed E-state index contributed by atoms with van der Waals surface area (Å²) in [5.41, 5.74) is 0.451. The number of carbonyl (C=O) groups excluding carboxylic acids is 2. The number of hydrogen-bond donors (Lipinski definition) is 3. The summed E-state index contributed by atoms with van der Waals surface area (Å²) >= 11 is 0. The summed E-state index contributed by atoms with van der Waals surface area (Å²) in [7, 11) is 0. The largest absolute Gasteiger partial charge is 0.387 e. The Balaban J connectivity index is 1.36. The van der Waals surface area contributed by atoms with Crippen molar-refractivity contribution in [1.82, 2.24) is 10.2 Å². The molecule has 0 saturated carbocycles. The van der Waals surface area contributed by atoms with E-state index < -0.39 is 17.8 Å². The first kappa shape index (κ1) is 18.6. The molecule has 4 rings (SSSR count). The highest BCUT2D eigenvalue weighted by molar-refractivity contribution is 5.98. The fourth-order valence-corrected chi connectivity index (χ4v) is 3.69. The van der Waals surface area contributed by atoms with Crippen LogP contribution in [0.4, 0.5) is 0 Å². The van der Waals surface area contributed by atoms with Crippen LogP contribution in [-0.2, 0) is 11.3 Å². The van der Waals surface area contributed by atoms with Gasteiger partial charge in [-0.25, -0.2) is 0 Å². The van der Waals surface area contributed by atoms with Gasteiger partial charge in [0.25, 0.3) is 11.8 Å². The van der Waals surface area contributed by atoms with Gasteiger partial charge in [0.15, 0.2) is 0 Å². The molecule has 0 unspecified atom stereocenters. The highest BCUT2D eigenvalue weighted by atomic mass is 16.5. The number of benzene rings is 2. The third-order valence-electron chi connectivity index (χ3n) is 5.34. The summed E-state index contributed by atoms with van der Waals surface area (Å²) in [5, 5.41) is 24.0. The number of amides is 2. The van der Waals surface area contributed by atoms with Crippen LogP contribution >= 0.6 is 0 Å². The highest BCUT2D eigenvalue weighted by Crippen LogP contribution is 2.28. The maximum Gasteiger partial charge on any atom is 0.254 e. The SMILES string of the molecule is O=C(NC[C@]1(O)CO[C@H](CN2Cc3ccccc3C2=O)[C@H]1O)c1ccccc1. The molecule has 2 aliphatic rings. The van der Waals surface area contributed by atoms with Crippen LogP contribution in [0.1, 0.15) is 26.3 Å². The van der Waals surface area contributed by atoms with Crippen LogP contribution in [0.2, 0.25) is 0 Å². The minimum Gasteiger partial charge on any atom is -0.387 e. The molecule has 0 bridgehead atoms. The quantitative estimate of drug-likeness (QED) is 0.702. The van der Waals surface area contributed by atoms with E-state index >= 15 is 0 Å². The minimum atomic E-state index is -1.61. The average Bonchev–Trinajstić information content (AvgIpc) is 3.19. The molecule has 1 saturated heterocycles. The summed E-state index contributed by atoms with van der Waals surface area (Å²) in [6.45, 7) is 0.351. The molecule has 0 spiro atoms. The Kier molecular flexibility index (Phi) is 4.89. The summed E-state index contributed by atoms with van der Waals surface area (Å²) in [5.74, 6) is -0.450. The van der Waals surface area contributed by atoms with Gasteiger partial charge < -0.3 is 25.2 Å². The maximum absolute atomic E-state index is 12.5. The van der Waals surface area contributed by atoms with Crippen LogP contribution in [0.3, 0.4) is 0 Å². The summed E-state index contributed by atoms with van der Waals surface area (Å²) < 4.78 is 5.58. The second-order valence-electron chi connectivity index (χ2n) is 7.29. The molecule has 0 aromatic heterocycles. The smallest absolute Gasteiger partial charge is 0.254 e. The normalized spacial score (nSPS) is 26.4. The lowest BCUT2D eigenvalue weighted by Gasteiger charge is -2.28. The molecule has 2 amide bonds. The van der Waals surface area contributed by atoms with Crippen LogP contribution in [0.15, 0.2) is 54.6 Å². The molecular weight excluding hydrogens is 360 g/mol. The minimum absolute atomic E-state index is 0.112. The average molecular weight is 382 g/mol. The fraction of sp³-hybridized carbons (Fsp3) is 0.333. The molecule has 3 N–H and O–H groups in total. The molecule has 28 heavy (non-hydrogen) atoms. The van der Waals surface area contributed by atoms with Gasteiger partial charge in [0, 0.05) is 17.7 Å². The number of rotatable bonds is 5. The maximum atomic E-state index is 12.5. The first-order valence-electron chi connectivity index (χ1n) is 9.20. The zero-order valence-corrected chi connectivity index (χ0v) is 15.2. The Morgan fingerprint density at radius 3 is 2.64 bits per heavy atom. The Morgan fingerprint density at radius 2 is 1.89 bits per heavy atom. The lowest BCUT2D eigenvalue weighted by atomic mass is 9.96. The van der Waals surface area contributed by atoms with Gasteiger partial charge in [-0.15, -0.1) is 0 Å². The van der Waals surface area contributed by atoms with Gasteiger partial charge in [0.2, 0.25) is 0 Å². The van der Waals surface area contributed by atoms with Crippen molar-refractivity contribution in [3.63, 3.8) is 0 Å². The van der Waals surface area contributed by atoms with Crippen molar-refractivity contribution in [3.8, 4) is 0 Å². The summed E-state index contributed by atoms with van der Waals surface area (Å²) in [4.78, 5) is 26.3. The van der Waals surface area contributed by atoms with Crippen LogP contribution in [0, 0.1) is 0 Å². The number of fused-ring (bicyclic) bond motifs is 1. The van der Waals surface area contributed by atoms with Gasteiger partial charge in [0.05, 0.1) is 19.7 Å². The molecule has 1 fully saturated rings. The molecule has 2 heterocycles. The fourth-order valence-electron chi connectivity index (χ4n) is 3.69. The number of ether oxygens (including phenoxy) is 1. The highest BCUT2D eigenvalue weighted by Gasteiger charge is 2.49.